The summed E-state index contributed by atoms with van der Waals surface area (Å²) in [5.41, 5.74) is 3.42. The second-order valence-electron chi connectivity index (χ2n) is 4.88. The lowest BCUT2D eigenvalue weighted by Crippen LogP contribution is -1.98. The number of nitrogens with zero attached hydrogens (tertiary/aromatic N) is 2. The maximum atomic E-state index is 11.3. The molecule has 1 aromatic heterocycles. The zero-order valence-electron chi connectivity index (χ0n) is 11.6. The number of benzene rings is 2. The first-order valence-electron chi connectivity index (χ1n) is 6.65. The fourth-order valence-corrected chi connectivity index (χ4v) is 2.42. The summed E-state index contributed by atoms with van der Waals surface area (Å²) in [4.78, 5) is 11.0. The van der Waals surface area contributed by atoms with Crippen molar-refractivity contribution in [2.45, 2.75) is 6.92 Å². The molecule has 4 nitrogen and oxygen atoms in total. The van der Waals surface area contributed by atoms with E-state index < -0.39 is 0 Å². The predicted molar refractivity (Wildman–Crippen MR) is 82.6 cm³/mol. The highest BCUT2D eigenvalue weighted by Gasteiger charge is 2.18. The highest BCUT2D eigenvalue weighted by Crippen LogP contribution is 2.32. The molecule has 0 saturated heterocycles. The molecule has 1 heterocycles. The summed E-state index contributed by atoms with van der Waals surface area (Å²) in [7, 11) is 0. The van der Waals surface area contributed by atoms with Crippen molar-refractivity contribution in [1.29, 1.82) is 0 Å². The number of nitro benzene ring substituents is 1. The van der Waals surface area contributed by atoms with Gasteiger partial charge in [0.15, 0.2) is 0 Å². The van der Waals surface area contributed by atoms with Crippen molar-refractivity contribution in [2.75, 3.05) is 0 Å². The minimum Gasteiger partial charge on any atom is -0.316 e. The van der Waals surface area contributed by atoms with Crippen LogP contribution in [-0.4, -0.2) is 9.49 Å². The molecule has 2 aromatic carbocycles. The van der Waals surface area contributed by atoms with Crippen LogP contribution in [0, 0.1) is 17.0 Å². The standard InChI is InChI=1S/C17H14N2O2/c1-13-9-10-15(17(12-13)19(20)21)16-8-5-11-18(16)14-6-3-2-4-7-14/h2-12H,1H3. The van der Waals surface area contributed by atoms with E-state index in [1.54, 1.807) is 6.07 Å². The maximum Gasteiger partial charge on any atom is 0.278 e. The Hall–Kier alpha value is -2.88. The van der Waals surface area contributed by atoms with Gasteiger partial charge in [-0.3, -0.25) is 10.1 Å². The van der Waals surface area contributed by atoms with Gasteiger partial charge < -0.3 is 4.57 Å². The Labute approximate surface area is 122 Å². The Bertz CT molecular complexity index is 792. The molecule has 0 amide bonds. The average molecular weight is 278 g/mol. The van der Waals surface area contributed by atoms with E-state index in [1.807, 2.05) is 72.3 Å². The monoisotopic (exact) mass is 278 g/mol. The van der Waals surface area contributed by atoms with Gasteiger partial charge in [0.05, 0.1) is 16.2 Å². The Balaban J connectivity index is 2.20. The Morgan fingerprint density at radius 3 is 2.48 bits per heavy atom. The first kappa shape index (κ1) is 13.1. The molecule has 0 unspecified atom stereocenters. The van der Waals surface area contributed by atoms with Crippen LogP contribution in [0.3, 0.4) is 0 Å². The summed E-state index contributed by atoms with van der Waals surface area (Å²) >= 11 is 0. The summed E-state index contributed by atoms with van der Waals surface area (Å²) in [5.74, 6) is 0. The van der Waals surface area contributed by atoms with Crippen LogP contribution in [0.4, 0.5) is 5.69 Å². The van der Waals surface area contributed by atoms with Crippen LogP contribution in [0.15, 0.2) is 66.9 Å². The van der Waals surface area contributed by atoms with E-state index in [0.29, 0.717) is 5.56 Å². The second-order valence-corrected chi connectivity index (χ2v) is 4.88. The Morgan fingerprint density at radius 1 is 1.00 bits per heavy atom. The number of hydrogen-bond donors (Lipinski definition) is 0. The Morgan fingerprint density at radius 2 is 1.76 bits per heavy atom. The maximum absolute atomic E-state index is 11.3. The molecule has 0 saturated carbocycles. The van der Waals surface area contributed by atoms with Crippen LogP contribution < -0.4 is 0 Å². The molecule has 104 valence electrons. The quantitative estimate of drug-likeness (QED) is 0.528. The SMILES string of the molecule is Cc1ccc(-c2cccn2-c2ccccc2)c([N+](=O)[O-])c1. The van der Waals surface area contributed by atoms with Crippen LogP contribution in [0.2, 0.25) is 0 Å². The van der Waals surface area contributed by atoms with Crippen molar-refractivity contribution >= 4 is 5.69 Å². The summed E-state index contributed by atoms with van der Waals surface area (Å²) in [6, 6.07) is 18.9. The van der Waals surface area contributed by atoms with Crippen LogP contribution in [0.25, 0.3) is 16.9 Å². The van der Waals surface area contributed by atoms with Gasteiger partial charge in [0.25, 0.3) is 5.69 Å². The molecule has 0 aliphatic carbocycles. The van der Waals surface area contributed by atoms with Gasteiger partial charge in [0.2, 0.25) is 0 Å². The second kappa shape index (κ2) is 5.25. The number of rotatable bonds is 3. The normalized spacial score (nSPS) is 10.5. The largest absolute Gasteiger partial charge is 0.316 e. The molecule has 0 radical (unpaired) electrons. The molecule has 4 heteroatoms. The van der Waals surface area contributed by atoms with E-state index in [0.717, 1.165) is 16.9 Å². The Kier molecular flexibility index (Phi) is 3.28. The summed E-state index contributed by atoms with van der Waals surface area (Å²) in [5, 5.41) is 11.3. The number of aromatic nitrogens is 1. The van der Waals surface area contributed by atoms with Crippen LogP contribution in [0.1, 0.15) is 5.56 Å². The van der Waals surface area contributed by atoms with Gasteiger partial charge in [-0.15, -0.1) is 0 Å². The fourth-order valence-electron chi connectivity index (χ4n) is 2.42. The summed E-state index contributed by atoms with van der Waals surface area (Å²) < 4.78 is 1.96. The lowest BCUT2D eigenvalue weighted by molar-refractivity contribution is -0.384. The molecular weight excluding hydrogens is 264 g/mol. The molecule has 3 rings (SSSR count). The van der Waals surface area contributed by atoms with Gasteiger partial charge in [0, 0.05) is 18.0 Å². The van der Waals surface area contributed by atoms with Gasteiger partial charge in [0.1, 0.15) is 0 Å². The van der Waals surface area contributed by atoms with Crippen molar-refractivity contribution in [3.8, 4) is 16.9 Å². The molecule has 0 N–H and O–H groups in total. The summed E-state index contributed by atoms with van der Waals surface area (Å²) in [6.45, 7) is 1.85. The first-order chi connectivity index (χ1) is 10.2. The van der Waals surface area contributed by atoms with Crippen LogP contribution in [0.5, 0.6) is 0 Å². The third-order valence-electron chi connectivity index (χ3n) is 3.41. The van der Waals surface area contributed by atoms with E-state index in [2.05, 4.69) is 0 Å². The molecular formula is C17H14N2O2. The van der Waals surface area contributed by atoms with E-state index in [9.17, 15) is 10.1 Å². The smallest absolute Gasteiger partial charge is 0.278 e. The molecule has 0 aliphatic heterocycles. The molecule has 0 aliphatic rings. The molecule has 0 bridgehead atoms. The molecule has 0 fully saturated rings. The number of para-hydroxylation sites is 1. The minimum absolute atomic E-state index is 0.130. The van der Waals surface area contributed by atoms with Gasteiger partial charge in [-0.25, -0.2) is 0 Å². The van der Waals surface area contributed by atoms with E-state index in [1.165, 1.54) is 0 Å². The van der Waals surface area contributed by atoms with E-state index in [4.69, 9.17) is 0 Å². The van der Waals surface area contributed by atoms with Crippen molar-refractivity contribution in [3.63, 3.8) is 0 Å². The van der Waals surface area contributed by atoms with E-state index in [-0.39, 0.29) is 10.6 Å². The number of aryl methyl sites for hydroxylation is 1. The number of nitro groups is 1. The molecule has 21 heavy (non-hydrogen) atoms. The van der Waals surface area contributed by atoms with Gasteiger partial charge in [-0.2, -0.15) is 0 Å². The number of hydrogen-bond acceptors (Lipinski definition) is 2. The average Bonchev–Trinajstić information content (AvgIpc) is 2.97. The van der Waals surface area contributed by atoms with Crippen molar-refractivity contribution < 1.29 is 4.92 Å². The summed E-state index contributed by atoms with van der Waals surface area (Å²) in [6.07, 6.45) is 1.91. The third-order valence-corrected chi connectivity index (χ3v) is 3.41. The van der Waals surface area contributed by atoms with Crippen molar-refractivity contribution in [3.05, 3.63) is 82.5 Å². The van der Waals surface area contributed by atoms with Crippen molar-refractivity contribution in [1.82, 2.24) is 4.57 Å². The van der Waals surface area contributed by atoms with Gasteiger partial charge >= 0.3 is 0 Å². The predicted octanol–water partition coefficient (Wildman–Crippen LogP) is 4.36. The highest BCUT2D eigenvalue weighted by atomic mass is 16.6. The fraction of sp³-hybridized carbons (Fsp3) is 0.0588. The first-order valence-corrected chi connectivity index (χ1v) is 6.65. The van der Waals surface area contributed by atoms with E-state index >= 15 is 0 Å². The van der Waals surface area contributed by atoms with Crippen molar-refractivity contribution in [2.24, 2.45) is 0 Å². The molecule has 0 spiro atoms. The molecule has 3 aromatic rings. The van der Waals surface area contributed by atoms with Gasteiger partial charge in [-0.1, -0.05) is 24.3 Å². The zero-order chi connectivity index (χ0) is 14.8. The van der Waals surface area contributed by atoms with Crippen LogP contribution >= 0.6 is 0 Å². The third kappa shape index (κ3) is 2.43. The minimum atomic E-state index is -0.329. The zero-order valence-corrected chi connectivity index (χ0v) is 11.6. The highest BCUT2D eigenvalue weighted by molar-refractivity contribution is 5.73. The molecule has 0 atom stereocenters. The van der Waals surface area contributed by atoms with Crippen LogP contribution in [-0.2, 0) is 0 Å². The van der Waals surface area contributed by atoms with Gasteiger partial charge in [-0.05, 0) is 42.8 Å². The lowest BCUT2D eigenvalue weighted by Gasteiger charge is -2.10. The topological polar surface area (TPSA) is 48.1 Å². The lowest BCUT2D eigenvalue weighted by atomic mass is 10.1.